The van der Waals surface area contributed by atoms with Gasteiger partial charge in [0.05, 0.1) is 5.92 Å². The van der Waals surface area contributed by atoms with Gasteiger partial charge in [-0.3, -0.25) is 4.79 Å². The molecule has 0 amide bonds. The van der Waals surface area contributed by atoms with E-state index in [-0.39, 0.29) is 12.0 Å². The average molecular weight is 168 g/mol. The fourth-order valence-electron chi connectivity index (χ4n) is 2.74. The number of rotatable bonds is 3. The number of carbonyl (C=O) groups excluding carboxylic acids is 2. The molecule has 2 rings (SSSR count). The Hall–Kier alpha value is -0.860. The first kappa shape index (κ1) is 7.77. The van der Waals surface area contributed by atoms with Gasteiger partial charge in [0.1, 0.15) is 12.4 Å². The largest absolute Gasteiger partial charge is 0.464 e. The van der Waals surface area contributed by atoms with Crippen molar-refractivity contribution in [3.63, 3.8) is 0 Å². The smallest absolute Gasteiger partial charge is 0.293 e. The third-order valence-electron chi connectivity index (χ3n) is 3.27. The molecule has 4 unspecified atom stereocenters. The quantitative estimate of drug-likeness (QED) is 0.585. The van der Waals surface area contributed by atoms with Crippen LogP contribution < -0.4 is 0 Å². The summed E-state index contributed by atoms with van der Waals surface area (Å²) in [5, 5.41) is 0. The van der Waals surface area contributed by atoms with Crippen molar-refractivity contribution in [1.29, 1.82) is 0 Å². The van der Waals surface area contributed by atoms with E-state index in [1.54, 1.807) is 0 Å². The minimum atomic E-state index is -0.112. The second kappa shape index (κ2) is 2.88. The van der Waals surface area contributed by atoms with Crippen LogP contribution in [0.5, 0.6) is 0 Å². The van der Waals surface area contributed by atoms with Crippen LogP contribution in [0.4, 0.5) is 0 Å². The highest BCUT2D eigenvalue weighted by Crippen LogP contribution is 2.48. The van der Waals surface area contributed by atoms with E-state index in [9.17, 15) is 9.59 Å². The van der Waals surface area contributed by atoms with Crippen molar-refractivity contribution in [2.45, 2.75) is 25.4 Å². The summed E-state index contributed by atoms with van der Waals surface area (Å²) < 4.78 is 4.93. The second-order valence-electron chi connectivity index (χ2n) is 3.74. The fourth-order valence-corrected chi connectivity index (χ4v) is 2.74. The van der Waals surface area contributed by atoms with Crippen LogP contribution in [0, 0.1) is 17.8 Å². The van der Waals surface area contributed by atoms with Crippen molar-refractivity contribution in [1.82, 2.24) is 0 Å². The molecule has 2 fully saturated rings. The van der Waals surface area contributed by atoms with Gasteiger partial charge >= 0.3 is 0 Å². The van der Waals surface area contributed by atoms with Gasteiger partial charge in [0.25, 0.3) is 6.47 Å². The monoisotopic (exact) mass is 168 g/mol. The maximum atomic E-state index is 10.7. The first-order valence-electron chi connectivity index (χ1n) is 4.41. The molecule has 0 radical (unpaired) electrons. The van der Waals surface area contributed by atoms with Crippen LogP contribution >= 0.6 is 0 Å². The predicted octanol–water partition coefficient (Wildman–Crippen LogP) is 0.773. The van der Waals surface area contributed by atoms with Crippen LogP contribution in [0.3, 0.4) is 0 Å². The van der Waals surface area contributed by atoms with Crippen molar-refractivity contribution in [2.24, 2.45) is 17.8 Å². The highest BCUT2D eigenvalue weighted by molar-refractivity contribution is 5.57. The lowest BCUT2D eigenvalue weighted by molar-refractivity contribution is -0.140. The van der Waals surface area contributed by atoms with Crippen molar-refractivity contribution in [3.8, 4) is 0 Å². The summed E-state index contributed by atoms with van der Waals surface area (Å²) in [6.07, 6.45) is 4.17. The van der Waals surface area contributed by atoms with Gasteiger partial charge in [-0.05, 0) is 31.1 Å². The Morgan fingerprint density at radius 1 is 1.17 bits per heavy atom. The lowest BCUT2D eigenvalue weighted by atomic mass is 9.87. The van der Waals surface area contributed by atoms with E-state index in [0.29, 0.717) is 18.3 Å². The van der Waals surface area contributed by atoms with E-state index in [1.165, 1.54) is 0 Å². The molecule has 0 N–H and O–H groups in total. The zero-order chi connectivity index (χ0) is 8.55. The summed E-state index contributed by atoms with van der Waals surface area (Å²) in [4.78, 5) is 20.8. The van der Waals surface area contributed by atoms with Crippen molar-refractivity contribution in [3.05, 3.63) is 0 Å². The summed E-state index contributed by atoms with van der Waals surface area (Å²) in [5.41, 5.74) is 0. The molecule has 2 aliphatic rings. The van der Waals surface area contributed by atoms with E-state index >= 15 is 0 Å². The van der Waals surface area contributed by atoms with E-state index in [2.05, 4.69) is 0 Å². The molecule has 2 saturated carbocycles. The molecule has 2 bridgehead atoms. The zero-order valence-corrected chi connectivity index (χ0v) is 6.81. The topological polar surface area (TPSA) is 43.4 Å². The molecule has 0 aliphatic heterocycles. The van der Waals surface area contributed by atoms with Gasteiger partial charge in [0, 0.05) is 0 Å². The summed E-state index contributed by atoms with van der Waals surface area (Å²) in [6, 6.07) is 0. The summed E-state index contributed by atoms with van der Waals surface area (Å²) in [7, 11) is 0. The van der Waals surface area contributed by atoms with Gasteiger partial charge in [-0.15, -0.1) is 0 Å². The minimum Gasteiger partial charge on any atom is -0.464 e. The third-order valence-corrected chi connectivity index (χ3v) is 3.27. The lowest BCUT2D eigenvalue weighted by Crippen LogP contribution is -2.30. The predicted molar refractivity (Wildman–Crippen MR) is 41.3 cm³/mol. The first-order chi connectivity index (χ1) is 5.86. The van der Waals surface area contributed by atoms with Crippen molar-refractivity contribution in [2.75, 3.05) is 0 Å². The van der Waals surface area contributed by atoms with Crippen molar-refractivity contribution >= 4 is 12.8 Å². The van der Waals surface area contributed by atoms with Gasteiger partial charge in [0.2, 0.25) is 0 Å². The summed E-state index contributed by atoms with van der Waals surface area (Å²) in [5.74, 6) is 0.918. The Labute approximate surface area is 71.1 Å². The van der Waals surface area contributed by atoms with Crippen LogP contribution in [0.15, 0.2) is 0 Å². The Morgan fingerprint density at radius 2 is 1.92 bits per heavy atom. The van der Waals surface area contributed by atoms with Gasteiger partial charge in [0.15, 0.2) is 0 Å². The Morgan fingerprint density at radius 3 is 2.58 bits per heavy atom. The molecule has 12 heavy (non-hydrogen) atoms. The Kier molecular flexibility index (Phi) is 1.87. The summed E-state index contributed by atoms with van der Waals surface area (Å²) in [6.45, 7) is 0.474. The van der Waals surface area contributed by atoms with Crippen LogP contribution in [0.2, 0.25) is 0 Å². The van der Waals surface area contributed by atoms with Crippen LogP contribution in [-0.2, 0) is 14.3 Å². The van der Waals surface area contributed by atoms with Gasteiger partial charge in [-0.2, -0.15) is 0 Å². The number of ether oxygens (including phenoxy) is 1. The minimum absolute atomic E-state index is 0.0195. The molecule has 0 aromatic heterocycles. The SMILES string of the molecule is O=COC1C2CCC(C2)C1C=O. The molecule has 3 heteroatoms. The fraction of sp³-hybridized carbons (Fsp3) is 0.778. The normalized spacial score (nSPS) is 44.3. The molecule has 3 nitrogen and oxygen atoms in total. The number of hydrogen-bond donors (Lipinski definition) is 0. The number of hydrogen-bond acceptors (Lipinski definition) is 3. The molecule has 0 aromatic carbocycles. The average Bonchev–Trinajstić information content (AvgIpc) is 2.64. The van der Waals surface area contributed by atoms with Crippen LogP contribution in [-0.4, -0.2) is 18.9 Å². The van der Waals surface area contributed by atoms with E-state index in [1.807, 2.05) is 0 Å². The van der Waals surface area contributed by atoms with Crippen LogP contribution in [0.25, 0.3) is 0 Å². The molecule has 0 spiro atoms. The number of fused-ring (bicyclic) bond motifs is 2. The molecule has 2 aliphatic carbocycles. The summed E-state index contributed by atoms with van der Waals surface area (Å²) >= 11 is 0. The standard InChI is InChI=1S/C9H12O3/c10-4-8-6-1-2-7(3-6)9(8)12-5-11/h4-9H,1-3H2. The highest BCUT2D eigenvalue weighted by Gasteiger charge is 2.48. The van der Waals surface area contributed by atoms with Crippen molar-refractivity contribution < 1.29 is 14.3 Å². The highest BCUT2D eigenvalue weighted by atomic mass is 16.5. The molecule has 0 aromatic rings. The van der Waals surface area contributed by atoms with E-state index in [4.69, 9.17) is 4.74 Å². The van der Waals surface area contributed by atoms with E-state index in [0.717, 1.165) is 25.5 Å². The van der Waals surface area contributed by atoms with Gasteiger partial charge in [-0.1, -0.05) is 0 Å². The first-order valence-corrected chi connectivity index (χ1v) is 4.41. The molecule has 0 saturated heterocycles. The Balaban J connectivity index is 2.10. The molecule has 4 atom stereocenters. The van der Waals surface area contributed by atoms with E-state index < -0.39 is 0 Å². The second-order valence-corrected chi connectivity index (χ2v) is 3.74. The third kappa shape index (κ3) is 0.958. The maximum Gasteiger partial charge on any atom is 0.293 e. The lowest BCUT2D eigenvalue weighted by Gasteiger charge is -2.24. The number of aldehydes is 1. The zero-order valence-electron chi connectivity index (χ0n) is 6.81. The van der Waals surface area contributed by atoms with Gasteiger partial charge in [-0.25, -0.2) is 0 Å². The van der Waals surface area contributed by atoms with Crippen LogP contribution in [0.1, 0.15) is 19.3 Å². The maximum absolute atomic E-state index is 10.7. The molecular weight excluding hydrogens is 156 g/mol. The van der Waals surface area contributed by atoms with Gasteiger partial charge < -0.3 is 9.53 Å². The molecule has 0 heterocycles. The molecule has 66 valence electrons. The number of carbonyl (C=O) groups is 2. The molecular formula is C9H12O3. The Bertz CT molecular complexity index is 202.